The lowest BCUT2D eigenvalue weighted by atomic mass is 9.99. The van der Waals surface area contributed by atoms with Gasteiger partial charge in [-0.15, -0.1) is 0 Å². The van der Waals surface area contributed by atoms with E-state index in [4.69, 9.17) is 37.0 Å². The van der Waals surface area contributed by atoms with Crippen molar-refractivity contribution in [2.24, 2.45) is 23.7 Å². The van der Waals surface area contributed by atoms with E-state index in [9.17, 15) is 43.2 Å². The molecule has 103 heavy (non-hydrogen) atoms. The smallest absolute Gasteiger partial charge is 0.462 e. The van der Waals surface area contributed by atoms with Crippen molar-refractivity contribution in [3.05, 3.63) is 0 Å². The van der Waals surface area contributed by atoms with E-state index in [1.807, 2.05) is 0 Å². The Balaban J connectivity index is 5.18. The number of aliphatic hydroxyl groups is 1. The van der Waals surface area contributed by atoms with E-state index in [0.29, 0.717) is 31.6 Å². The molecule has 0 fully saturated rings. The molecule has 0 rings (SSSR count). The zero-order valence-electron chi connectivity index (χ0n) is 68.0. The van der Waals surface area contributed by atoms with Gasteiger partial charge in [0.15, 0.2) is 12.2 Å². The molecule has 19 heteroatoms. The normalized spacial score (nSPS) is 14.5. The molecule has 612 valence electrons. The first kappa shape index (κ1) is 101. The molecular weight excluding hydrogens is 1340 g/mol. The maximum absolute atomic E-state index is 13.1. The van der Waals surface area contributed by atoms with Crippen molar-refractivity contribution in [3.8, 4) is 0 Å². The number of hydrogen-bond donors (Lipinski definition) is 3. The zero-order valence-corrected chi connectivity index (χ0v) is 69.7. The van der Waals surface area contributed by atoms with Gasteiger partial charge in [-0.05, 0) is 49.4 Å². The Labute approximate surface area is 632 Å². The minimum absolute atomic E-state index is 0.102. The summed E-state index contributed by atoms with van der Waals surface area (Å²) in [6, 6.07) is 0. The largest absolute Gasteiger partial charge is 0.472 e. The van der Waals surface area contributed by atoms with Gasteiger partial charge < -0.3 is 33.8 Å². The van der Waals surface area contributed by atoms with E-state index in [-0.39, 0.29) is 25.7 Å². The second kappa shape index (κ2) is 72.9. The molecule has 0 saturated heterocycles. The highest BCUT2D eigenvalue weighted by molar-refractivity contribution is 7.47. The molecule has 17 nitrogen and oxygen atoms in total. The summed E-state index contributed by atoms with van der Waals surface area (Å²) in [6.45, 7) is 14.3. The lowest BCUT2D eigenvalue weighted by Crippen LogP contribution is -2.30. The van der Waals surface area contributed by atoms with Crippen LogP contribution in [-0.2, 0) is 65.4 Å². The second-order valence-electron chi connectivity index (χ2n) is 31.7. The fraction of sp³-hybridized carbons (Fsp3) is 0.952. The first-order valence-corrected chi connectivity index (χ1v) is 46.3. The third kappa shape index (κ3) is 75.3. The van der Waals surface area contributed by atoms with Crippen molar-refractivity contribution in [1.29, 1.82) is 0 Å². The van der Waals surface area contributed by atoms with Crippen LogP contribution >= 0.6 is 15.6 Å². The summed E-state index contributed by atoms with van der Waals surface area (Å²) < 4.78 is 68.7. The lowest BCUT2D eigenvalue weighted by Gasteiger charge is -2.21. The van der Waals surface area contributed by atoms with E-state index in [2.05, 4.69) is 55.4 Å². The number of rotatable bonds is 81. The van der Waals surface area contributed by atoms with E-state index >= 15 is 0 Å². The topological polar surface area (TPSA) is 237 Å². The summed E-state index contributed by atoms with van der Waals surface area (Å²) in [5.74, 6) is 1.00. The molecule has 0 aliphatic rings. The monoisotopic (exact) mass is 1510 g/mol. The number of esters is 4. The molecular formula is C84H164O17P2. The molecule has 0 aromatic heterocycles. The van der Waals surface area contributed by atoms with Crippen molar-refractivity contribution in [2.45, 2.75) is 453 Å². The quantitative estimate of drug-likeness (QED) is 0.0222. The van der Waals surface area contributed by atoms with Crippen LogP contribution < -0.4 is 0 Å². The molecule has 0 spiro atoms. The fourth-order valence-electron chi connectivity index (χ4n) is 12.9. The summed E-state index contributed by atoms with van der Waals surface area (Å²) >= 11 is 0. The summed E-state index contributed by atoms with van der Waals surface area (Å²) in [5.41, 5.74) is 0. The molecule has 0 aliphatic heterocycles. The number of unbranched alkanes of at least 4 members (excludes halogenated alkanes) is 45. The van der Waals surface area contributed by atoms with E-state index < -0.39 is 97.5 Å². The number of carbonyl (C=O) groups excluding carboxylic acids is 4. The predicted molar refractivity (Wildman–Crippen MR) is 423 cm³/mol. The van der Waals surface area contributed by atoms with Gasteiger partial charge in [0, 0.05) is 25.7 Å². The summed E-state index contributed by atoms with van der Waals surface area (Å²) in [4.78, 5) is 73.0. The minimum Gasteiger partial charge on any atom is -0.462 e. The van der Waals surface area contributed by atoms with Gasteiger partial charge in [-0.3, -0.25) is 37.3 Å². The van der Waals surface area contributed by atoms with E-state index in [1.165, 1.54) is 231 Å². The Kier molecular flexibility index (Phi) is 71.5. The van der Waals surface area contributed by atoms with Gasteiger partial charge >= 0.3 is 39.5 Å². The van der Waals surface area contributed by atoms with E-state index in [1.54, 1.807) is 0 Å². The Bertz CT molecular complexity index is 2010. The maximum atomic E-state index is 13.1. The number of aliphatic hydroxyl groups excluding tert-OH is 1. The number of ether oxygens (including phenoxy) is 4. The summed E-state index contributed by atoms with van der Waals surface area (Å²) in [5, 5.41) is 10.6. The second-order valence-corrected chi connectivity index (χ2v) is 34.6. The van der Waals surface area contributed by atoms with Crippen LogP contribution in [0.25, 0.3) is 0 Å². The van der Waals surface area contributed by atoms with Crippen molar-refractivity contribution in [1.82, 2.24) is 0 Å². The van der Waals surface area contributed by atoms with Crippen molar-refractivity contribution < 1.29 is 80.2 Å². The molecule has 0 saturated carbocycles. The standard InChI is InChI=1S/C84H164O17P2/c1-9-76(7)62-54-46-38-32-28-24-20-16-12-14-17-21-25-29-33-39-48-56-64-81(86)94-70-79(100-83(88)66-58-50-40-34-30-26-22-18-13-11-15-19-23-27-31-36-44-52-60-74(3)4)72-98-102(90,91)96-68-78(85)69-97-103(92,93)99-73-80(101-84(89)67-59-51-41-35-37-45-53-61-75(5)6)71-95-82(87)65-57-49-43-42-47-55-63-77(8)10-2/h74-80,85H,9-73H2,1-8H3,(H,90,91)(H,92,93)/t76?,77?,78-,79-,80-/m1/s1. The maximum Gasteiger partial charge on any atom is 0.472 e. The summed E-state index contributed by atoms with van der Waals surface area (Å²) in [6.07, 6.45) is 61.4. The highest BCUT2D eigenvalue weighted by atomic mass is 31.2. The highest BCUT2D eigenvalue weighted by Gasteiger charge is 2.30. The molecule has 0 aromatic rings. The van der Waals surface area contributed by atoms with Crippen LogP contribution in [0.15, 0.2) is 0 Å². The average molecular weight is 1510 g/mol. The predicted octanol–water partition coefficient (Wildman–Crippen LogP) is 25.2. The van der Waals surface area contributed by atoms with Gasteiger partial charge in [0.25, 0.3) is 0 Å². The number of phosphoric ester groups is 2. The Morgan fingerprint density at radius 1 is 0.272 bits per heavy atom. The van der Waals surface area contributed by atoms with Gasteiger partial charge in [-0.2, -0.15) is 0 Å². The van der Waals surface area contributed by atoms with Crippen LogP contribution in [0.5, 0.6) is 0 Å². The lowest BCUT2D eigenvalue weighted by molar-refractivity contribution is -0.161. The summed E-state index contributed by atoms with van der Waals surface area (Å²) in [7, 11) is -9.92. The van der Waals surface area contributed by atoms with Crippen LogP contribution in [0.3, 0.4) is 0 Å². The Morgan fingerprint density at radius 3 is 0.689 bits per heavy atom. The van der Waals surface area contributed by atoms with Crippen molar-refractivity contribution >= 4 is 39.5 Å². The van der Waals surface area contributed by atoms with Crippen LogP contribution in [0, 0.1) is 23.7 Å². The first-order chi connectivity index (χ1) is 49.7. The molecule has 0 aliphatic carbocycles. The average Bonchev–Trinajstić information content (AvgIpc) is 0.918. The van der Waals surface area contributed by atoms with Gasteiger partial charge in [-0.25, -0.2) is 9.13 Å². The molecule has 3 N–H and O–H groups in total. The third-order valence-electron chi connectivity index (χ3n) is 20.3. The molecule has 4 unspecified atom stereocenters. The number of hydrogen-bond acceptors (Lipinski definition) is 15. The molecule has 0 heterocycles. The van der Waals surface area contributed by atoms with Crippen LogP contribution in [0.1, 0.15) is 434 Å². The fourth-order valence-corrected chi connectivity index (χ4v) is 14.5. The third-order valence-corrected chi connectivity index (χ3v) is 22.2. The first-order valence-electron chi connectivity index (χ1n) is 43.3. The molecule has 0 amide bonds. The molecule has 0 aromatic carbocycles. The zero-order chi connectivity index (χ0) is 76.0. The molecule has 7 atom stereocenters. The van der Waals surface area contributed by atoms with Crippen LogP contribution in [0.4, 0.5) is 0 Å². The van der Waals surface area contributed by atoms with Gasteiger partial charge in [0.2, 0.25) is 0 Å². The van der Waals surface area contributed by atoms with E-state index in [0.717, 1.165) is 114 Å². The van der Waals surface area contributed by atoms with Gasteiger partial charge in [0.05, 0.1) is 26.4 Å². The minimum atomic E-state index is -4.96. The molecule has 0 bridgehead atoms. The Morgan fingerprint density at radius 2 is 0.466 bits per heavy atom. The number of phosphoric acid groups is 2. The number of carbonyl (C=O) groups is 4. The SMILES string of the molecule is CCC(C)CCCCCCCCCCCCCCCCCCCCC(=O)OC[C@H](COP(=O)(O)OC[C@@H](O)COP(=O)(O)OC[C@@H](COC(=O)CCCCCCCCC(C)CC)OC(=O)CCCCCCCCCC(C)C)OC(=O)CCCCCCCCCCCCCCCCCCCCC(C)C. The van der Waals surface area contributed by atoms with Crippen LogP contribution in [-0.4, -0.2) is 96.7 Å². The van der Waals surface area contributed by atoms with Crippen molar-refractivity contribution in [3.63, 3.8) is 0 Å². The van der Waals surface area contributed by atoms with Gasteiger partial charge in [-0.1, -0.05) is 383 Å². The van der Waals surface area contributed by atoms with Crippen molar-refractivity contribution in [2.75, 3.05) is 39.6 Å². The van der Waals surface area contributed by atoms with Crippen LogP contribution in [0.2, 0.25) is 0 Å². The Hall–Kier alpha value is -1.94. The van der Waals surface area contributed by atoms with Gasteiger partial charge in [0.1, 0.15) is 19.3 Å². The molecule has 0 radical (unpaired) electrons. The highest BCUT2D eigenvalue weighted by Crippen LogP contribution is 2.45.